The fraction of sp³-hybridized carbons (Fsp3) is 1.00. The minimum Gasteiger partial charge on any atom is -0.396 e. The molecule has 0 bridgehead atoms. The molecular weight excluding hydrogens is 202 g/mol. The van der Waals surface area contributed by atoms with Crippen molar-refractivity contribution in [2.45, 2.75) is 58.0 Å². The van der Waals surface area contributed by atoms with Gasteiger partial charge in [0.25, 0.3) is 0 Å². The molecule has 1 atom stereocenters. The number of nitrogens with one attached hydrogen (secondary N) is 1. The predicted octanol–water partition coefficient (Wildman–Crippen LogP) is 1.68. The summed E-state index contributed by atoms with van der Waals surface area (Å²) in [4.78, 5) is 0. The Morgan fingerprint density at radius 1 is 1.25 bits per heavy atom. The minimum absolute atomic E-state index is 0.142. The van der Waals surface area contributed by atoms with E-state index in [-0.39, 0.29) is 11.5 Å². The van der Waals surface area contributed by atoms with Gasteiger partial charge in [0.1, 0.15) is 0 Å². The van der Waals surface area contributed by atoms with Crippen LogP contribution in [-0.2, 0) is 0 Å². The van der Waals surface area contributed by atoms with Crippen molar-refractivity contribution < 1.29 is 10.2 Å². The van der Waals surface area contributed by atoms with Crippen LogP contribution in [0.5, 0.6) is 0 Å². The molecule has 0 heterocycles. The highest BCUT2D eigenvalue weighted by Gasteiger charge is 2.30. The molecule has 0 aromatic rings. The maximum Gasteiger partial charge on any atom is 0.0512 e. The highest BCUT2D eigenvalue weighted by molar-refractivity contribution is 4.84. The Morgan fingerprint density at radius 2 is 1.94 bits per heavy atom. The summed E-state index contributed by atoms with van der Waals surface area (Å²) in [6, 6.07) is 0. The average Bonchev–Trinajstić information content (AvgIpc) is 2.29. The Kier molecular flexibility index (Phi) is 6.32. The first-order valence-electron chi connectivity index (χ1n) is 6.68. The number of hydrogen-bond acceptors (Lipinski definition) is 3. The number of aliphatic hydroxyl groups excluding tert-OH is 2. The number of aliphatic hydroxyl groups is 2. The van der Waals surface area contributed by atoms with Crippen LogP contribution < -0.4 is 5.32 Å². The lowest BCUT2D eigenvalue weighted by molar-refractivity contribution is 0.0810. The SMILES string of the molecule is CC(O)CCCNCC1(CO)CCCCC1. The molecule has 3 heteroatoms. The van der Waals surface area contributed by atoms with Gasteiger partial charge in [-0.25, -0.2) is 0 Å². The van der Waals surface area contributed by atoms with Gasteiger partial charge in [0.2, 0.25) is 0 Å². The van der Waals surface area contributed by atoms with Crippen LogP contribution in [-0.4, -0.2) is 36.0 Å². The lowest BCUT2D eigenvalue weighted by atomic mass is 9.74. The normalized spacial score (nSPS) is 21.9. The van der Waals surface area contributed by atoms with Gasteiger partial charge in [-0.1, -0.05) is 19.3 Å². The third-order valence-corrected chi connectivity index (χ3v) is 3.73. The first-order chi connectivity index (χ1) is 7.68. The molecule has 1 rings (SSSR count). The zero-order valence-electron chi connectivity index (χ0n) is 10.5. The lowest BCUT2D eigenvalue weighted by Crippen LogP contribution is -2.39. The van der Waals surface area contributed by atoms with Crippen LogP contribution in [0.15, 0.2) is 0 Å². The van der Waals surface area contributed by atoms with E-state index in [1.807, 2.05) is 6.92 Å². The van der Waals surface area contributed by atoms with Gasteiger partial charge in [-0.05, 0) is 39.2 Å². The summed E-state index contributed by atoms with van der Waals surface area (Å²) in [6.45, 7) is 4.03. The summed E-state index contributed by atoms with van der Waals surface area (Å²) < 4.78 is 0. The number of hydrogen-bond donors (Lipinski definition) is 3. The Hall–Kier alpha value is -0.120. The van der Waals surface area contributed by atoms with E-state index in [1.165, 1.54) is 19.3 Å². The van der Waals surface area contributed by atoms with E-state index in [4.69, 9.17) is 5.11 Å². The van der Waals surface area contributed by atoms with Gasteiger partial charge >= 0.3 is 0 Å². The molecular formula is C13H27NO2. The molecule has 0 amide bonds. The lowest BCUT2D eigenvalue weighted by Gasteiger charge is -2.35. The standard InChI is InChI=1S/C13H27NO2/c1-12(16)6-5-9-14-10-13(11-15)7-3-2-4-8-13/h12,14-16H,2-11H2,1H3. The maximum absolute atomic E-state index is 9.51. The van der Waals surface area contributed by atoms with E-state index < -0.39 is 0 Å². The van der Waals surface area contributed by atoms with E-state index in [0.717, 1.165) is 38.8 Å². The molecule has 0 aliphatic heterocycles. The van der Waals surface area contributed by atoms with Crippen molar-refractivity contribution in [2.75, 3.05) is 19.7 Å². The molecule has 0 aromatic carbocycles. The zero-order valence-corrected chi connectivity index (χ0v) is 10.5. The van der Waals surface area contributed by atoms with Crippen molar-refractivity contribution in [3.05, 3.63) is 0 Å². The summed E-state index contributed by atoms with van der Waals surface area (Å²) in [5.41, 5.74) is 0.142. The van der Waals surface area contributed by atoms with Crippen LogP contribution in [0, 0.1) is 5.41 Å². The second kappa shape index (κ2) is 7.25. The van der Waals surface area contributed by atoms with Gasteiger partial charge in [-0.15, -0.1) is 0 Å². The molecule has 3 N–H and O–H groups in total. The summed E-state index contributed by atoms with van der Waals surface area (Å²) in [6.07, 6.45) is 7.84. The zero-order chi connectivity index (χ0) is 11.9. The molecule has 1 fully saturated rings. The summed E-state index contributed by atoms with van der Waals surface area (Å²) in [7, 11) is 0. The first-order valence-corrected chi connectivity index (χ1v) is 6.68. The van der Waals surface area contributed by atoms with Gasteiger partial charge in [0.15, 0.2) is 0 Å². The summed E-state index contributed by atoms with van der Waals surface area (Å²) in [5.74, 6) is 0. The Balaban J connectivity index is 2.13. The summed E-state index contributed by atoms with van der Waals surface area (Å²) in [5, 5.41) is 22.1. The molecule has 0 saturated heterocycles. The van der Waals surface area contributed by atoms with Crippen LogP contribution >= 0.6 is 0 Å². The van der Waals surface area contributed by atoms with Crippen molar-refractivity contribution in [3.8, 4) is 0 Å². The van der Waals surface area contributed by atoms with E-state index in [2.05, 4.69) is 5.32 Å². The first kappa shape index (κ1) is 13.9. The van der Waals surface area contributed by atoms with Gasteiger partial charge in [0, 0.05) is 18.6 Å². The third kappa shape index (κ3) is 4.81. The maximum atomic E-state index is 9.51. The molecule has 1 unspecified atom stereocenters. The predicted molar refractivity (Wildman–Crippen MR) is 66.4 cm³/mol. The quantitative estimate of drug-likeness (QED) is 0.582. The van der Waals surface area contributed by atoms with Crippen molar-refractivity contribution in [1.82, 2.24) is 5.32 Å². The fourth-order valence-electron chi connectivity index (χ4n) is 2.57. The number of rotatable bonds is 7. The Labute approximate surface area is 99.3 Å². The topological polar surface area (TPSA) is 52.5 Å². The van der Waals surface area contributed by atoms with Crippen molar-refractivity contribution >= 4 is 0 Å². The molecule has 1 aliphatic carbocycles. The van der Waals surface area contributed by atoms with Gasteiger partial charge < -0.3 is 15.5 Å². The summed E-state index contributed by atoms with van der Waals surface area (Å²) >= 11 is 0. The second-order valence-corrected chi connectivity index (χ2v) is 5.39. The van der Waals surface area contributed by atoms with Crippen molar-refractivity contribution in [3.63, 3.8) is 0 Å². The third-order valence-electron chi connectivity index (χ3n) is 3.73. The van der Waals surface area contributed by atoms with Gasteiger partial charge in [-0.3, -0.25) is 0 Å². The van der Waals surface area contributed by atoms with Gasteiger partial charge in [-0.2, -0.15) is 0 Å². The Bertz CT molecular complexity index is 177. The van der Waals surface area contributed by atoms with Crippen LogP contribution in [0.1, 0.15) is 51.9 Å². The van der Waals surface area contributed by atoms with E-state index >= 15 is 0 Å². The van der Waals surface area contributed by atoms with Crippen LogP contribution in [0.2, 0.25) is 0 Å². The highest BCUT2D eigenvalue weighted by Crippen LogP contribution is 2.35. The monoisotopic (exact) mass is 229 g/mol. The van der Waals surface area contributed by atoms with E-state index in [0.29, 0.717) is 6.61 Å². The molecule has 16 heavy (non-hydrogen) atoms. The molecule has 3 nitrogen and oxygen atoms in total. The van der Waals surface area contributed by atoms with Crippen LogP contribution in [0.25, 0.3) is 0 Å². The largest absolute Gasteiger partial charge is 0.396 e. The van der Waals surface area contributed by atoms with Crippen molar-refractivity contribution in [1.29, 1.82) is 0 Å². The Morgan fingerprint density at radius 3 is 2.50 bits per heavy atom. The van der Waals surface area contributed by atoms with Crippen LogP contribution in [0.3, 0.4) is 0 Å². The average molecular weight is 229 g/mol. The minimum atomic E-state index is -0.191. The highest BCUT2D eigenvalue weighted by atomic mass is 16.3. The molecule has 0 spiro atoms. The second-order valence-electron chi connectivity index (χ2n) is 5.39. The molecule has 96 valence electrons. The fourth-order valence-corrected chi connectivity index (χ4v) is 2.57. The van der Waals surface area contributed by atoms with Crippen molar-refractivity contribution in [2.24, 2.45) is 5.41 Å². The van der Waals surface area contributed by atoms with Crippen LogP contribution in [0.4, 0.5) is 0 Å². The van der Waals surface area contributed by atoms with E-state index in [1.54, 1.807) is 0 Å². The molecule has 1 aliphatic rings. The molecule has 1 saturated carbocycles. The molecule has 0 aromatic heterocycles. The smallest absolute Gasteiger partial charge is 0.0512 e. The molecule has 0 radical (unpaired) electrons. The van der Waals surface area contributed by atoms with Gasteiger partial charge in [0.05, 0.1) is 6.10 Å². The van der Waals surface area contributed by atoms with E-state index in [9.17, 15) is 5.11 Å².